The predicted molar refractivity (Wildman–Crippen MR) is 153 cm³/mol. The molecule has 4 rings (SSSR count). The molecule has 1 spiro atoms. The van der Waals surface area contributed by atoms with Crippen molar-refractivity contribution in [2.45, 2.75) is 76.8 Å². The minimum Gasteiger partial charge on any atom is -0.494 e. The fraction of sp³-hybridized carbons (Fsp3) is 0.581. The van der Waals surface area contributed by atoms with E-state index in [-0.39, 0.29) is 30.9 Å². The second-order valence-corrected chi connectivity index (χ2v) is 11.9. The van der Waals surface area contributed by atoms with Gasteiger partial charge in [0.15, 0.2) is 0 Å². The molecule has 1 aromatic rings. The van der Waals surface area contributed by atoms with Gasteiger partial charge in [0, 0.05) is 24.3 Å². The number of carbonyl (C=O) groups is 3. The number of hydrogen-bond donors (Lipinski definition) is 1. The maximum absolute atomic E-state index is 14.3. The molecule has 218 valence electrons. The van der Waals surface area contributed by atoms with Crippen molar-refractivity contribution in [3.63, 3.8) is 0 Å². The molecule has 2 unspecified atom stereocenters. The maximum atomic E-state index is 14.3. The molecular weight excluding hydrogens is 510 g/mol. The normalized spacial score (nSPS) is 27.8. The molecule has 3 fully saturated rings. The molecule has 0 saturated carbocycles. The van der Waals surface area contributed by atoms with E-state index in [0.717, 1.165) is 0 Å². The Morgan fingerprint density at radius 3 is 2.40 bits per heavy atom. The van der Waals surface area contributed by atoms with Gasteiger partial charge >= 0.3 is 0 Å². The molecule has 40 heavy (non-hydrogen) atoms. The quantitative estimate of drug-likeness (QED) is 0.423. The van der Waals surface area contributed by atoms with E-state index in [1.807, 2.05) is 52.0 Å². The topological polar surface area (TPSA) is 99.6 Å². The Bertz CT molecular complexity index is 1140. The Balaban J connectivity index is 1.75. The highest BCUT2D eigenvalue weighted by molar-refractivity contribution is 6.03. The molecule has 3 aliphatic rings. The fourth-order valence-corrected chi connectivity index (χ4v) is 6.71. The highest BCUT2D eigenvalue weighted by Gasteiger charge is 2.75. The molecule has 9 heteroatoms. The highest BCUT2D eigenvalue weighted by Crippen LogP contribution is 2.59. The van der Waals surface area contributed by atoms with E-state index in [1.54, 1.807) is 28.9 Å². The number of ether oxygens (including phenoxy) is 2. The summed E-state index contributed by atoms with van der Waals surface area (Å²) in [5.41, 5.74) is -1.03. The number of carbonyl (C=O) groups excluding carboxylic acids is 3. The Morgan fingerprint density at radius 2 is 1.85 bits per heavy atom. The number of benzene rings is 1. The summed E-state index contributed by atoms with van der Waals surface area (Å²) in [6, 6.07) is 5.67. The molecule has 2 bridgehead atoms. The number of rotatable bonds is 11. The number of aliphatic hydroxyl groups excluding tert-OH is 1. The van der Waals surface area contributed by atoms with Gasteiger partial charge in [0.2, 0.25) is 17.7 Å². The van der Waals surface area contributed by atoms with Crippen LogP contribution in [0.15, 0.2) is 49.6 Å². The average molecular weight is 554 g/mol. The molecule has 0 aromatic heterocycles. The van der Waals surface area contributed by atoms with E-state index in [4.69, 9.17) is 9.47 Å². The van der Waals surface area contributed by atoms with Crippen LogP contribution in [0.1, 0.15) is 47.5 Å². The molecule has 3 amide bonds. The zero-order valence-corrected chi connectivity index (χ0v) is 24.3. The van der Waals surface area contributed by atoms with Crippen molar-refractivity contribution in [3.05, 3.63) is 49.6 Å². The lowest BCUT2D eigenvalue weighted by molar-refractivity contribution is -0.153. The fourth-order valence-electron chi connectivity index (χ4n) is 6.71. The van der Waals surface area contributed by atoms with Crippen LogP contribution in [0.4, 0.5) is 5.69 Å². The summed E-state index contributed by atoms with van der Waals surface area (Å²) in [4.78, 5) is 47.6. The Morgan fingerprint density at radius 1 is 1.20 bits per heavy atom. The number of aliphatic hydroxyl groups is 1. The Labute approximate surface area is 237 Å². The van der Waals surface area contributed by atoms with Crippen molar-refractivity contribution in [3.8, 4) is 5.75 Å². The summed E-state index contributed by atoms with van der Waals surface area (Å²) in [6.07, 6.45) is 3.88. The lowest BCUT2D eigenvalue weighted by Crippen LogP contribution is -2.61. The monoisotopic (exact) mass is 553 g/mol. The average Bonchev–Trinajstić information content (AvgIpc) is 3.56. The maximum Gasteiger partial charge on any atom is 0.249 e. The number of likely N-dealkylation sites (tertiary alicyclic amines) is 1. The number of fused-ring (bicyclic) bond motifs is 1. The summed E-state index contributed by atoms with van der Waals surface area (Å²) in [7, 11) is 0. The van der Waals surface area contributed by atoms with Gasteiger partial charge in [0.25, 0.3) is 0 Å². The van der Waals surface area contributed by atoms with Gasteiger partial charge in [-0.05, 0) is 71.7 Å². The van der Waals surface area contributed by atoms with E-state index in [1.165, 1.54) is 4.90 Å². The molecule has 3 saturated heterocycles. The van der Waals surface area contributed by atoms with Gasteiger partial charge in [0.05, 0.1) is 37.2 Å². The number of hydrogen-bond acceptors (Lipinski definition) is 6. The standard InChI is InChI=1S/C31H43N3O6/c1-8-17-32(21-11-13-22(14-12-21)39-10-3)27(36)24-23-15-16-31(40-23)25(24)28(37)34(20(4)19-35)26(31)29(38)33(18-9-2)30(5,6)7/h8-9,11-14,20,23-26,35H,1-2,10,15-19H2,3-7H3/t20-,23+,24-,25+,26?,31?/m1/s1. The summed E-state index contributed by atoms with van der Waals surface area (Å²) >= 11 is 0. The first-order valence-electron chi connectivity index (χ1n) is 14.1. The van der Waals surface area contributed by atoms with Crippen LogP contribution in [-0.4, -0.2) is 88.3 Å². The van der Waals surface area contributed by atoms with Gasteiger partial charge in [-0.25, -0.2) is 0 Å². The summed E-state index contributed by atoms with van der Waals surface area (Å²) in [5.74, 6) is -1.71. The van der Waals surface area contributed by atoms with E-state index in [9.17, 15) is 19.5 Å². The second kappa shape index (κ2) is 11.4. The van der Waals surface area contributed by atoms with E-state index in [0.29, 0.717) is 37.4 Å². The van der Waals surface area contributed by atoms with Crippen molar-refractivity contribution in [1.82, 2.24) is 9.80 Å². The third kappa shape index (κ3) is 4.83. The molecule has 3 heterocycles. The molecular formula is C31H43N3O6. The van der Waals surface area contributed by atoms with Gasteiger partial charge < -0.3 is 29.3 Å². The molecule has 0 radical (unpaired) electrons. The molecule has 9 nitrogen and oxygen atoms in total. The third-order valence-electron chi connectivity index (χ3n) is 8.42. The minimum atomic E-state index is -1.15. The first-order valence-corrected chi connectivity index (χ1v) is 14.1. The Kier molecular flexibility index (Phi) is 8.47. The van der Waals surface area contributed by atoms with E-state index in [2.05, 4.69) is 13.2 Å². The van der Waals surface area contributed by atoms with Crippen LogP contribution in [0.5, 0.6) is 5.75 Å². The second-order valence-electron chi connectivity index (χ2n) is 11.9. The zero-order valence-electron chi connectivity index (χ0n) is 24.3. The Hall–Kier alpha value is -3.17. The van der Waals surface area contributed by atoms with Crippen LogP contribution in [-0.2, 0) is 19.1 Å². The molecule has 6 atom stereocenters. The lowest BCUT2D eigenvalue weighted by atomic mass is 9.70. The van der Waals surface area contributed by atoms with Crippen LogP contribution in [0.2, 0.25) is 0 Å². The van der Waals surface area contributed by atoms with Crippen LogP contribution < -0.4 is 9.64 Å². The van der Waals surface area contributed by atoms with Crippen LogP contribution in [0, 0.1) is 11.8 Å². The van der Waals surface area contributed by atoms with Crippen molar-refractivity contribution in [2.75, 3.05) is 31.2 Å². The first-order chi connectivity index (χ1) is 19.0. The van der Waals surface area contributed by atoms with E-state index < -0.39 is 41.2 Å². The first kappa shape index (κ1) is 29.8. The minimum absolute atomic E-state index is 0.238. The number of anilines is 1. The smallest absolute Gasteiger partial charge is 0.249 e. The van der Waals surface area contributed by atoms with Crippen molar-refractivity contribution in [1.29, 1.82) is 0 Å². The SMILES string of the molecule is C=CCN(C(=O)[C@@H]1[C@@H]2CCC3(O2)C(C(=O)N(CC=C)C(C)(C)C)N([C@H](C)CO)C(=O)[C@H]13)c1ccc(OCC)cc1. The molecule has 3 aliphatic heterocycles. The van der Waals surface area contributed by atoms with Crippen LogP contribution >= 0.6 is 0 Å². The van der Waals surface area contributed by atoms with Gasteiger partial charge in [0.1, 0.15) is 17.4 Å². The largest absolute Gasteiger partial charge is 0.494 e. The van der Waals surface area contributed by atoms with Crippen molar-refractivity contribution >= 4 is 23.4 Å². The summed E-state index contributed by atoms with van der Waals surface area (Å²) in [5, 5.41) is 10.1. The third-order valence-corrected chi connectivity index (χ3v) is 8.42. The van der Waals surface area contributed by atoms with Crippen molar-refractivity contribution < 1.29 is 29.0 Å². The summed E-state index contributed by atoms with van der Waals surface area (Å²) in [6.45, 7) is 17.9. The zero-order chi connectivity index (χ0) is 29.4. The van der Waals surface area contributed by atoms with Gasteiger partial charge in [-0.2, -0.15) is 0 Å². The van der Waals surface area contributed by atoms with Crippen molar-refractivity contribution in [2.24, 2.45) is 11.8 Å². The van der Waals surface area contributed by atoms with Gasteiger partial charge in [-0.15, -0.1) is 13.2 Å². The lowest BCUT2D eigenvalue weighted by Gasteiger charge is -2.43. The molecule has 1 aromatic carbocycles. The summed E-state index contributed by atoms with van der Waals surface area (Å²) < 4.78 is 12.1. The van der Waals surface area contributed by atoms with Crippen LogP contribution in [0.25, 0.3) is 0 Å². The van der Waals surface area contributed by atoms with E-state index >= 15 is 0 Å². The number of amides is 3. The number of nitrogens with zero attached hydrogens (tertiary/aromatic N) is 3. The van der Waals surface area contributed by atoms with Gasteiger partial charge in [-0.1, -0.05) is 12.2 Å². The predicted octanol–water partition coefficient (Wildman–Crippen LogP) is 3.17. The van der Waals surface area contributed by atoms with Gasteiger partial charge in [-0.3, -0.25) is 14.4 Å². The highest BCUT2D eigenvalue weighted by atomic mass is 16.5. The molecule has 0 aliphatic carbocycles. The van der Waals surface area contributed by atoms with Crippen LogP contribution in [0.3, 0.4) is 0 Å². The molecule has 1 N–H and O–H groups in total.